The Morgan fingerprint density at radius 3 is 2.64 bits per heavy atom. The molecule has 9 heteroatoms. The molecule has 142 valence electrons. The van der Waals surface area contributed by atoms with E-state index in [1.54, 1.807) is 30.3 Å². The number of H-pyrrole nitrogens is 1. The van der Waals surface area contributed by atoms with Gasteiger partial charge in [0.2, 0.25) is 5.88 Å². The number of benzene rings is 2. The van der Waals surface area contributed by atoms with Crippen LogP contribution in [-0.2, 0) is 0 Å². The van der Waals surface area contributed by atoms with Gasteiger partial charge in [0.25, 0.3) is 5.56 Å². The normalized spacial score (nSPS) is 15.9. The molecule has 0 bridgehead atoms. The van der Waals surface area contributed by atoms with Gasteiger partial charge in [-0.2, -0.15) is 5.10 Å². The van der Waals surface area contributed by atoms with Crippen LogP contribution in [0.2, 0.25) is 5.02 Å². The summed E-state index contributed by atoms with van der Waals surface area (Å²) in [7, 11) is 0. The number of nitrogens with zero attached hydrogens (tertiary/aromatic N) is 2. The number of hydrogen-bond acceptors (Lipinski definition) is 5. The standard InChI is InChI=1S/C19H14ClFN4O3/c20-11-2-1-3-13(8-11)25-18(27)16(17(26)22-19(25)28)15-9-14(23-24-15)10-4-6-12(21)7-5-10/h1-8,14,23,27H,9H2,(H,22,26,28)/t14-/m1/s1. The quantitative estimate of drug-likeness (QED) is 0.628. The second kappa shape index (κ2) is 6.97. The second-order valence-corrected chi connectivity index (χ2v) is 6.71. The second-order valence-electron chi connectivity index (χ2n) is 6.27. The van der Waals surface area contributed by atoms with E-state index in [9.17, 15) is 19.1 Å². The van der Waals surface area contributed by atoms with E-state index < -0.39 is 17.1 Å². The highest BCUT2D eigenvalue weighted by Crippen LogP contribution is 2.27. The zero-order valence-electron chi connectivity index (χ0n) is 14.3. The first kappa shape index (κ1) is 18.0. The summed E-state index contributed by atoms with van der Waals surface area (Å²) in [5.74, 6) is -0.887. The van der Waals surface area contributed by atoms with Crippen LogP contribution in [0.5, 0.6) is 5.88 Å². The summed E-state index contributed by atoms with van der Waals surface area (Å²) in [5.41, 5.74) is 2.57. The molecule has 1 atom stereocenters. The maximum atomic E-state index is 13.1. The van der Waals surface area contributed by atoms with E-state index in [0.717, 1.165) is 10.1 Å². The van der Waals surface area contributed by atoms with Crippen LogP contribution in [0, 0.1) is 5.82 Å². The summed E-state index contributed by atoms with van der Waals surface area (Å²) in [5, 5.41) is 15.2. The first-order valence-corrected chi connectivity index (χ1v) is 8.74. The molecule has 0 amide bonds. The van der Waals surface area contributed by atoms with Crippen LogP contribution in [-0.4, -0.2) is 20.4 Å². The Balaban J connectivity index is 1.75. The molecule has 3 N–H and O–H groups in total. The van der Waals surface area contributed by atoms with E-state index in [1.807, 2.05) is 0 Å². The molecule has 0 unspecified atom stereocenters. The fourth-order valence-corrected chi connectivity index (χ4v) is 3.31. The fourth-order valence-electron chi connectivity index (χ4n) is 3.13. The fraction of sp³-hybridized carbons (Fsp3) is 0.105. The first-order chi connectivity index (χ1) is 13.4. The Kier molecular flexibility index (Phi) is 4.48. The van der Waals surface area contributed by atoms with Gasteiger partial charge in [0.15, 0.2) is 0 Å². The van der Waals surface area contributed by atoms with Crippen molar-refractivity contribution >= 4 is 17.3 Å². The van der Waals surface area contributed by atoms with Crippen molar-refractivity contribution < 1.29 is 9.50 Å². The van der Waals surface area contributed by atoms with Crippen molar-refractivity contribution in [2.45, 2.75) is 12.5 Å². The van der Waals surface area contributed by atoms with Crippen molar-refractivity contribution in [1.29, 1.82) is 0 Å². The first-order valence-electron chi connectivity index (χ1n) is 8.36. The summed E-state index contributed by atoms with van der Waals surface area (Å²) in [6.07, 6.45) is 0.274. The predicted octanol–water partition coefficient (Wildman–Crippen LogP) is 2.46. The Morgan fingerprint density at radius 2 is 1.93 bits per heavy atom. The third-order valence-corrected chi connectivity index (χ3v) is 4.70. The molecule has 2 aromatic carbocycles. The van der Waals surface area contributed by atoms with Crippen molar-refractivity contribution in [3.8, 4) is 11.6 Å². The highest BCUT2D eigenvalue weighted by molar-refractivity contribution is 6.30. The van der Waals surface area contributed by atoms with Gasteiger partial charge in [-0.25, -0.2) is 13.8 Å². The minimum atomic E-state index is -0.796. The highest BCUT2D eigenvalue weighted by atomic mass is 35.5. The summed E-state index contributed by atoms with van der Waals surface area (Å²) in [6, 6.07) is 11.9. The number of rotatable bonds is 3. The highest BCUT2D eigenvalue weighted by Gasteiger charge is 2.27. The maximum Gasteiger partial charge on any atom is 0.335 e. The predicted molar refractivity (Wildman–Crippen MR) is 103 cm³/mol. The monoisotopic (exact) mass is 400 g/mol. The van der Waals surface area contributed by atoms with Gasteiger partial charge < -0.3 is 10.5 Å². The number of aromatic nitrogens is 2. The third kappa shape index (κ3) is 3.18. The lowest BCUT2D eigenvalue weighted by Crippen LogP contribution is -2.33. The van der Waals surface area contributed by atoms with Crippen molar-refractivity contribution in [2.75, 3.05) is 0 Å². The molecular weight excluding hydrogens is 387 g/mol. The van der Waals surface area contributed by atoms with Gasteiger partial charge in [-0.05, 0) is 35.9 Å². The van der Waals surface area contributed by atoms with Gasteiger partial charge in [0, 0.05) is 11.4 Å². The van der Waals surface area contributed by atoms with Crippen LogP contribution in [0.3, 0.4) is 0 Å². The molecule has 4 rings (SSSR count). The zero-order chi connectivity index (χ0) is 19.8. The zero-order valence-corrected chi connectivity index (χ0v) is 15.1. The molecular formula is C19H14ClFN4O3. The average Bonchev–Trinajstić information content (AvgIpc) is 3.11. The van der Waals surface area contributed by atoms with Gasteiger partial charge in [-0.3, -0.25) is 9.78 Å². The lowest BCUT2D eigenvalue weighted by molar-refractivity contribution is 0.429. The smallest absolute Gasteiger partial charge is 0.335 e. The van der Waals surface area contributed by atoms with Crippen molar-refractivity contribution in [3.63, 3.8) is 0 Å². The lowest BCUT2D eigenvalue weighted by Gasteiger charge is -2.12. The number of aromatic hydroxyl groups is 1. The molecule has 1 aromatic heterocycles. The Labute approximate surface area is 162 Å². The van der Waals surface area contributed by atoms with Crippen LogP contribution < -0.4 is 16.7 Å². The van der Waals surface area contributed by atoms with Crippen LogP contribution in [0.4, 0.5) is 4.39 Å². The van der Waals surface area contributed by atoms with Crippen molar-refractivity contribution in [2.24, 2.45) is 5.10 Å². The molecule has 3 aromatic rings. The molecule has 7 nitrogen and oxygen atoms in total. The van der Waals surface area contributed by atoms with E-state index in [-0.39, 0.29) is 29.6 Å². The minimum absolute atomic E-state index is 0.114. The molecule has 0 saturated heterocycles. The van der Waals surface area contributed by atoms with Crippen LogP contribution in [0.1, 0.15) is 23.6 Å². The number of aromatic amines is 1. The number of nitrogens with one attached hydrogen (secondary N) is 2. The van der Waals surface area contributed by atoms with E-state index in [4.69, 9.17) is 11.6 Å². The molecule has 0 radical (unpaired) electrons. The SMILES string of the molecule is O=c1[nH]c(=O)n(-c2cccc(Cl)c2)c(O)c1C1=NN[C@@H](c2ccc(F)cc2)C1. The summed E-state index contributed by atoms with van der Waals surface area (Å²) in [4.78, 5) is 26.8. The Morgan fingerprint density at radius 1 is 1.18 bits per heavy atom. The Hall–Kier alpha value is -3.39. The topological polar surface area (TPSA) is 99.5 Å². The van der Waals surface area contributed by atoms with E-state index in [2.05, 4.69) is 15.5 Å². The number of hydrogen-bond donors (Lipinski definition) is 3. The largest absolute Gasteiger partial charge is 0.493 e. The van der Waals surface area contributed by atoms with Gasteiger partial charge in [0.05, 0.1) is 17.4 Å². The van der Waals surface area contributed by atoms with Crippen LogP contribution in [0.15, 0.2) is 63.2 Å². The van der Waals surface area contributed by atoms with E-state index in [0.29, 0.717) is 10.7 Å². The summed E-state index contributed by atoms with van der Waals surface area (Å²) >= 11 is 5.97. The summed E-state index contributed by atoms with van der Waals surface area (Å²) in [6.45, 7) is 0. The van der Waals surface area contributed by atoms with E-state index >= 15 is 0 Å². The van der Waals surface area contributed by atoms with Crippen LogP contribution >= 0.6 is 11.6 Å². The average molecular weight is 401 g/mol. The number of hydrazone groups is 1. The number of halogens is 2. The molecule has 28 heavy (non-hydrogen) atoms. The lowest BCUT2D eigenvalue weighted by atomic mass is 10.00. The molecule has 0 aliphatic carbocycles. The molecule has 0 spiro atoms. The Bertz CT molecular complexity index is 1200. The van der Waals surface area contributed by atoms with Gasteiger partial charge in [-0.1, -0.05) is 29.8 Å². The third-order valence-electron chi connectivity index (χ3n) is 4.47. The minimum Gasteiger partial charge on any atom is -0.493 e. The van der Waals surface area contributed by atoms with Crippen LogP contribution in [0.25, 0.3) is 5.69 Å². The van der Waals surface area contributed by atoms with Gasteiger partial charge in [0.1, 0.15) is 11.4 Å². The molecule has 1 aliphatic heterocycles. The molecule has 2 heterocycles. The van der Waals surface area contributed by atoms with Gasteiger partial charge in [-0.15, -0.1) is 0 Å². The van der Waals surface area contributed by atoms with E-state index in [1.165, 1.54) is 18.2 Å². The molecule has 1 aliphatic rings. The maximum absolute atomic E-state index is 13.1. The molecule has 0 saturated carbocycles. The van der Waals surface area contributed by atoms with Gasteiger partial charge >= 0.3 is 5.69 Å². The molecule has 0 fully saturated rings. The summed E-state index contributed by atoms with van der Waals surface area (Å²) < 4.78 is 14.1. The van der Waals surface area contributed by atoms with Crippen molar-refractivity contribution in [3.05, 3.63) is 91.3 Å². The van der Waals surface area contributed by atoms with Crippen molar-refractivity contribution in [1.82, 2.24) is 15.0 Å².